The highest BCUT2D eigenvalue weighted by Gasteiger charge is 2.31. The summed E-state index contributed by atoms with van der Waals surface area (Å²) in [5.74, 6) is 0.949. The van der Waals surface area contributed by atoms with Gasteiger partial charge in [0.2, 0.25) is 0 Å². The normalized spacial score (nSPS) is 15.3. The standard InChI is InChI=1S/C24H27N3O2/c1-19-7-5-11-23(25-19)27(24(28)22-10-6-18-29-22)21-13-16-26(17-14-21)15-12-20-8-3-2-4-9-20/h2-11,18,21H,12-17H2,1H3. The highest BCUT2D eigenvalue weighted by molar-refractivity contribution is 6.04. The van der Waals surface area contributed by atoms with Crippen molar-refractivity contribution >= 4 is 11.7 Å². The van der Waals surface area contributed by atoms with E-state index in [1.807, 2.05) is 30.0 Å². The van der Waals surface area contributed by atoms with E-state index in [0.29, 0.717) is 11.6 Å². The van der Waals surface area contributed by atoms with Gasteiger partial charge >= 0.3 is 0 Å². The molecule has 1 aliphatic rings. The topological polar surface area (TPSA) is 49.6 Å². The largest absolute Gasteiger partial charge is 0.459 e. The molecule has 0 spiro atoms. The summed E-state index contributed by atoms with van der Waals surface area (Å²) in [4.78, 5) is 22.1. The Balaban J connectivity index is 1.44. The van der Waals surface area contributed by atoms with Crippen molar-refractivity contribution in [2.75, 3.05) is 24.5 Å². The number of anilines is 1. The number of likely N-dealkylation sites (tertiary alicyclic amines) is 1. The van der Waals surface area contributed by atoms with E-state index >= 15 is 0 Å². The molecule has 3 aromatic rings. The minimum Gasteiger partial charge on any atom is -0.459 e. The molecule has 1 saturated heterocycles. The first-order valence-corrected chi connectivity index (χ1v) is 10.3. The highest BCUT2D eigenvalue weighted by atomic mass is 16.3. The molecule has 1 fully saturated rings. The van der Waals surface area contributed by atoms with Crippen molar-refractivity contribution < 1.29 is 9.21 Å². The quantitative estimate of drug-likeness (QED) is 0.629. The molecule has 0 atom stereocenters. The van der Waals surface area contributed by atoms with E-state index < -0.39 is 0 Å². The summed E-state index contributed by atoms with van der Waals surface area (Å²) < 4.78 is 5.40. The van der Waals surface area contributed by atoms with Crippen molar-refractivity contribution in [3.05, 3.63) is 83.9 Å². The molecule has 0 saturated carbocycles. The molecule has 0 aliphatic carbocycles. The highest BCUT2D eigenvalue weighted by Crippen LogP contribution is 2.25. The maximum atomic E-state index is 13.2. The van der Waals surface area contributed by atoms with Crippen LogP contribution >= 0.6 is 0 Å². The van der Waals surface area contributed by atoms with Gasteiger partial charge in [0.05, 0.1) is 6.26 Å². The Kier molecular flexibility index (Phi) is 6.06. The predicted octanol–water partition coefficient (Wildman–Crippen LogP) is 4.34. The molecule has 1 amide bonds. The third kappa shape index (κ3) is 4.74. The van der Waals surface area contributed by atoms with Crippen molar-refractivity contribution in [1.29, 1.82) is 0 Å². The summed E-state index contributed by atoms with van der Waals surface area (Å²) in [6.07, 6.45) is 4.45. The average molecular weight is 389 g/mol. The molecule has 5 heteroatoms. The molecule has 4 rings (SSSR count). The fraction of sp³-hybridized carbons (Fsp3) is 0.333. The summed E-state index contributed by atoms with van der Waals surface area (Å²) >= 11 is 0. The number of carbonyl (C=O) groups is 1. The maximum Gasteiger partial charge on any atom is 0.295 e. The van der Waals surface area contributed by atoms with Crippen LogP contribution < -0.4 is 4.90 Å². The summed E-state index contributed by atoms with van der Waals surface area (Å²) in [7, 11) is 0. The molecule has 5 nitrogen and oxygen atoms in total. The minimum absolute atomic E-state index is 0.115. The molecular formula is C24H27N3O2. The molecule has 0 unspecified atom stereocenters. The fourth-order valence-corrected chi connectivity index (χ4v) is 3.97. The van der Waals surface area contributed by atoms with Crippen LogP contribution in [0.4, 0.5) is 5.82 Å². The summed E-state index contributed by atoms with van der Waals surface area (Å²) in [5.41, 5.74) is 2.27. The number of hydrogen-bond acceptors (Lipinski definition) is 4. The van der Waals surface area contributed by atoms with Gasteiger partial charge in [0.1, 0.15) is 5.82 Å². The first-order valence-electron chi connectivity index (χ1n) is 10.3. The lowest BCUT2D eigenvalue weighted by atomic mass is 10.0. The summed E-state index contributed by atoms with van der Waals surface area (Å²) in [6.45, 7) is 4.95. The van der Waals surface area contributed by atoms with Gasteiger partial charge in [0.15, 0.2) is 5.76 Å². The fourth-order valence-electron chi connectivity index (χ4n) is 3.97. The van der Waals surface area contributed by atoms with E-state index in [0.717, 1.165) is 44.6 Å². The molecule has 1 aromatic carbocycles. The number of aryl methyl sites for hydroxylation is 1. The van der Waals surface area contributed by atoms with Crippen LogP contribution in [0.25, 0.3) is 0 Å². The zero-order valence-electron chi connectivity index (χ0n) is 16.8. The molecule has 29 heavy (non-hydrogen) atoms. The van der Waals surface area contributed by atoms with E-state index in [1.165, 1.54) is 5.56 Å². The molecule has 1 aliphatic heterocycles. The van der Waals surface area contributed by atoms with Crippen LogP contribution in [0.2, 0.25) is 0 Å². The second-order valence-corrected chi connectivity index (χ2v) is 7.60. The van der Waals surface area contributed by atoms with Gasteiger partial charge in [0.25, 0.3) is 5.91 Å². The monoisotopic (exact) mass is 389 g/mol. The number of benzene rings is 1. The SMILES string of the molecule is Cc1cccc(N(C(=O)c2ccco2)C2CCN(CCc3ccccc3)CC2)n1. The second kappa shape index (κ2) is 9.05. The third-order valence-corrected chi connectivity index (χ3v) is 5.55. The van der Waals surface area contributed by atoms with Gasteiger partial charge in [-0.2, -0.15) is 0 Å². The number of nitrogens with zero attached hydrogens (tertiary/aromatic N) is 3. The van der Waals surface area contributed by atoms with Crippen LogP contribution in [0.1, 0.15) is 34.7 Å². The Morgan fingerprint density at radius 3 is 2.55 bits per heavy atom. The van der Waals surface area contributed by atoms with E-state index in [9.17, 15) is 4.79 Å². The Labute approximate surface area is 172 Å². The number of amides is 1. The smallest absolute Gasteiger partial charge is 0.295 e. The third-order valence-electron chi connectivity index (χ3n) is 5.55. The number of carbonyl (C=O) groups excluding carboxylic acids is 1. The number of pyridine rings is 1. The summed E-state index contributed by atoms with van der Waals surface area (Å²) in [5, 5.41) is 0. The van der Waals surface area contributed by atoms with Crippen LogP contribution in [0.15, 0.2) is 71.3 Å². The number of hydrogen-bond donors (Lipinski definition) is 0. The van der Waals surface area contributed by atoms with Crippen LogP contribution in [-0.4, -0.2) is 41.5 Å². The molecule has 3 heterocycles. The lowest BCUT2D eigenvalue weighted by molar-refractivity contribution is 0.0932. The van der Waals surface area contributed by atoms with Crippen LogP contribution in [0, 0.1) is 6.92 Å². The van der Waals surface area contributed by atoms with Crippen molar-refractivity contribution in [2.24, 2.45) is 0 Å². The van der Waals surface area contributed by atoms with E-state index in [2.05, 4.69) is 40.2 Å². The van der Waals surface area contributed by atoms with Gasteiger partial charge in [-0.3, -0.25) is 9.69 Å². The molecule has 2 aromatic heterocycles. The van der Waals surface area contributed by atoms with Crippen LogP contribution in [0.3, 0.4) is 0 Å². The van der Waals surface area contributed by atoms with Crippen molar-refractivity contribution in [1.82, 2.24) is 9.88 Å². The van der Waals surface area contributed by atoms with Crippen molar-refractivity contribution in [2.45, 2.75) is 32.2 Å². The zero-order chi connectivity index (χ0) is 20.1. The Morgan fingerprint density at radius 1 is 1.07 bits per heavy atom. The van der Waals surface area contributed by atoms with Crippen molar-refractivity contribution in [3.8, 4) is 0 Å². The number of rotatable bonds is 6. The zero-order valence-corrected chi connectivity index (χ0v) is 16.8. The first kappa shape index (κ1) is 19.4. The lowest BCUT2D eigenvalue weighted by Crippen LogP contribution is -2.48. The number of aromatic nitrogens is 1. The Hall–Kier alpha value is -2.92. The molecule has 0 N–H and O–H groups in total. The lowest BCUT2D eigenvalue weighted by Gasteiger charge is -2.37. The van der Waals surface area contributed by atoms with Crippen LogP contribution in [0.5, 0.6) is 0 Å². The van der Waals surface area contributed by atoms with Crippen LogP contribution in [-0.2, 0) is 6.42 Å². The van der Waals surface area contributed by atoms with Crippen molar-refractivity contribution in [3.63, 3.8) is 0 Å². The van der Waals surface area contributed by atoms with E-state index in [-0.39, 0.29) is 11.9 Å². The van der Waals surface area contributed by atoms with Gasteiger partial charge in [-0.25, -0.2) is 4.98 Å². The Morgan fingerprint density at radius 2 is 1.86 bits per heavy atom. The average Bonchev–Trinajstić information content (AvgIpc) is 3.29. The maximum absolute atomic E-state index is 13.2. The van der Waals surface area contributed by atoms with Gasteiger partial charge in [-0.15, -0.1) is 0 Å². The van der Waals surface area contributed by atoms with Gasteiger partial charge in [-0.05, 0) is 56.0 Å². The van der Waals surface area contributed by atoms with Gasteiger partial charge in [0, 0.05) is 31.4 Å². The number of piperidine rings is 1. The predicted molar refractivity (Wildman–Crippen MR) is 114 cm³/mol. The minimum atomic E-state index is -0.115. The number of furan rings is 1. The first-order chi connectivity index (χ1) is 14.2. The molecule has 0 radical (unpaired) electrons. The van der Waals surface area contributed by atoms with Gasteiger partial charge in [-0.1, -0.05) is 36.4 Å². The van der Waals surface area contributed by atoms with E-state index in [4.69, 9.17) is 4.42 Å². The molecular weight excluding hydrogens is 362 g/mol. The Bertz CT molecular complexity index is 916. The summed E-state index contributed by atoms with van der Waals surface area (Å²) in [6, 6.07) is 20.0. The molecule has 150 valence electrons. The van der Waals surface area contributed by atoms with E-state index in [1.54, 1.807) is 18.4 Å². The van der Waals surface area contributed by atoms with Gasteiger partial charge < -0.3 is 9.32 Å². The molecule has 0 bridgehead atoms. The second-order valence-electron chi connectivity index (χ2n) is 7.60.